The molecule has 0 spiro atoms. The molecule has 1 aromatic carbocycles. The molecule has 0 amide bonds. The predicted octanol–water partition coefficient (Wildman–Crippen LogP) is 2.21. The summed E-state index contributed by atoms with van der Waals surface area (Å²) in [7, 11) is -3.72. The number of hydrogen-bond acceptors (Lipinski definition) is 3. The molecule has 0 aliphatic heterocycles. The van der Waals surface area contributed by atoms with Gasteiger partial charge >= 0.3 is 5.97 Å². The van der Waals surface area contributed by atoms with Crippen LogP contribution in [0.2, 0.25) is 0 Å². The monoisotopic (exact) mass is 291 g/mol. The Morgan fingerprint density at radius 1 is 1.15 bits per heavy atom. The molecule has 0 saturated carbocycles. The van der Waals surface area contributed by atoms with Gasteiger partial charge in [-0.3, -0.25) is 0 Å². The number of aliphatic carboxylic acids is 1. The summed E-state index contributed by atoms with van der Waals surface area (Å²) in [6, 6.07) is 11.1. The minimum absolute atomic E-state index is 0.0632. The molecule has 0 radical (unpaired) electrons. The van der Waals surface area contributed by atoms with Crippen molar-refractivity contribution in [3.05, 3.63) is 59.9 Å². The highest BCUT2D eigenvalue weighted by Gasteiger charge is 2.18. The van der Waals surface area contributed by atoms with Gasteiger partial charge in [0, 0.05) is 11.8 Å². The van der Waals surface area contributed by atoms with Crippen LogP contribution < -0.4 is 0 Å². The number of hydrogen-bond donors (Lipinski definition) is 1. The first-order chi connectivity index (χ1) is 9.43. The fourth-order valence-electron chi connectivity index (χ4n) is 1.70. The van der Waals surface area contributed by atoms with Gasteiger partial charge in [0.2, 0.25) is 0 Å². The van der Waals surface area contributed by atoms with Crippen LogP contribution in [0.3, 0.4) is 0 Å². The summed E-state index contributed by atoms with van der Waals surface area (Å²) < 4.78 is 26.0. The molecule has 20 heavy (non-hydrogen) atoms. The largest absolute Gasteiger partial charge is 0.478 e. The number of aromatic nitrogens is 1. The van der Waals surface area contributed by atoms with Crippen molar-refractivity contribution in [2.45, 2.75) is 11.8 Å². The van der Waals surface area contributed by atoms with E-state index in [-0.39, 0.29) is 10.5 Å². The van der Waals surface area contributed by atoms with E-state index in [0.717, 1.165) is 3.97 Å². The Kier molecular flexibility index (Phi) is 3.76. The van der Waals surface area contributed by atoms with E-state index in [4.69, 9.17) is 5.11 Å². The molecule has 0 unspecified atom stereocenters. The second-order valence-corrected chi connectivity index (χ2v) is 5.99. The lowest BCUT2D eigenvalue weighted by Gasteiger charge is -2.08. The lowest BCUT2D eigenvalue weighted by atomic mass is 10.2. The Morgan fingerprint density at radius 2 is 1.80 bits per heavy atom. The number of nitrogens with zero attached hydrogens (tertiary/aromatic N) is 1. The zero-order valence-corrected chi connectivity index (χ0v) is 11.5. The van der Waals surface area contributed by atoms with E-state index >= 15 is 0 Å². The molecule has 0 fully saturated rings. The first-order valence-corrected chi connectivity index (χ1v) is 7.26. The molecule has 1 aromatic heterocycles. The first kappa shape index (κ1) is 14.1. The van der Waals surface area contributed by atoms with E-state index in [9.17, 15) is 13.2 Å². The molecular formula is C14H13NO4S. The van der Waals surface area contributed by atoms with E-state index in [0.29, 0.717) is 5.69 Å². The molecule has 0 atom stereocenters. The van der Waals surface area contributed by atoms with E-state index in [1.54, 1.807) is 30.3 Å². The van der Waals surface area contributed by atoms with Gasteiger partial charge in [-0.2, -0.15) is 0 Å². The molecule has 5 nitrogen and oxygen atoms in total. The predicted molar refractivity (Wildman–Crippen MR) is 74.7 cm³/mol. The Balaban J connectivity index is 2.53. The Labute approximate surface area is 116 Å². The van der Waals surface area contributed by atoms with Crippen LogP contribution >= 0.6 is 0 Å². The SMILES string of the molecule is C/C(=C\c1cccn1S(=O)(=O)c1ccccc1)C(=O)O. The minimum Gasteiger partial charge on any atom is -0.478 e. The normalized spacial score (nSPS) is 12.3. The third-order valence-electron chi connectivity index (χ3n) is 2.74. The lowest BCUT2D eigenvalue weighted by molar-refractivity contribution is -0.132. The number of rotatable bonds is 4. The van der Waals surface area contributed by atoms with Crippen LogP contribution in [0.4, 0.5) is 0 Å². The summed E-state index contributed by atoms with van der Waals surface area (Å²) in [5.41, 5.74) is 0.363. The minimum atomic E-state index is -3.72. The summed E-state index contributed by atoms with van der Waals surface area (Å²) >= 11 is 0. The van der Waals surface area contributed by atoms with Gasteiger partial charge in [-0.25, -0.2) is 17.2 Å². The molecule has 6 heteroatoms. The van der Waals surface area contributed by atoms with Crippen molar-refractivity contribution in [2.75, 3.05) is 0 Å². The maximum absolute atomic E-state index is 12.5. The zero-order valence-electron chi connectivity index (χ0n) is 10.7. The fourth-order valence-corrected chi connectivity index (χ4v) is 3.05. The van der Waals surface area contributed by atoms with Crippen molar-refractivity contribution < 1.29 is 18.3 Å². The second-order valence-electron chi connectivity index (χ2n) is 4.18. The lowest BCUT2D eigenvalue weighted by Crippen LogP contribution is -2.13. The molecule has 0 bridgehead atoms. The summed E-state index contributed by atoms with van der Waals surface area (Å²) in [6.07, 6.45) is 2.71. The second kappa shape index (κ2) is 5.34. The molecule has 0 aliphatic carbocycles. The number of benzene rings is 1. The van der Waals surface area contributed by atoms with Gasteiger partial charge < -0.3 is 5.11 Å². The van der Waals surface area contributed by atoms with Crippen LogP contribution in [0.1, 0.15) is 12.6 Å². The molecule has 1 N–H and O–H groups in total. The molecule has 2 rings (SSSR count). The maximum Gasteiger partial charge on any atom is 0.331 e. The Hall–Kier alpha value is -2.34. The smallest absolute Gasteiger partial charge is 0.331 e. The van der Waals surface area contributed by atoms with E-state index < -0.39 is 16.0 Å². The summed E-state index contributed by atoms with van der Waals surface area (Å²) in [5.74, 6) is -1.09. The summed E-state index contributed by atoms with van der Waals surface area (Å²) in [4.78, 5) is 11.0. The number of carboxylic acids is 1. The van der Waals surface area contributed by atoms with Gasteiger partial charge in [-0.15, -0.1) is 0 Å². The van der Waals surface area contributed by atoms with Gasteiger partial charge in [0.15, 0.2) is 0 Å². The molecule has 0 saturated heterocycles. The average molecular weight is 291 g/mol. The third kappa shape index (κ3) is 2.65. The Morgan fingerprint density at radius 3 is 2.40 bits per heavy atom. The van der Waals surface area contributed by atoms with E-state index in [2.05, 4.69) is 0 Å². The molecule has 104 valence electrons. The van der Waals surface area contributed by atoms with E-state index in [1.165, 1.54) is 31.3 Å². The first-order valence-electron chi connectivity index (χ1n) is 5.82. The van der Waals surface area contributed by atoms with E-state index in [1.807, 2.05) is 0 Å². The van der Waals surface area contributed by atoms with Crippen molar-refractivity contribution in [1.29, 1.82) is 0 Å². The number of carbonyl (C=O) groups is 1. The van der Waals surface area contributed by atoms with Gasteiger partial charge in [-0.1, -0.05) is 18.2 Å². The fraction of sp³-hybridized carbons (Fsp3) is 0.0714. The molecule has 2 aromatic rings. The average Bonchev–Trinajstić information content (AvgIpc) is 2.88. The highest BCUT2D eigenvalue weighted by atomic mass is 32.2. The van der Waals surface area contributed by atoms with Crippen LogP contribution in [0.25, 0.3) is 6.08 Å². The van der Waals surface area contributed by atoms with Gasteiger partial charge in [0.1, 0.15) is 0 Å². The highest BCUT2D eigenvalue weighted by molar-refractivity contribution is 7.90. The van der Waals surface area contributed by atoms with Crippen molar-refractivity contribution in [3.63, 3.8) is 0 Å². The van der Waals surface area contributed by atoms with Crippen LogP contribution in [-0.4, -0.2) is 23.5 Å². The summed E-state index contributed by atoms with van der Waals surface area (Å²) in [5, 5.41) is 8.86. The van der Waals surface area contributed by atoms with Crippen molar-refractivity contribution >= 4 is 22.1 Å². The third-order valence-corrected chi connectivity index (χ3v) is 4.46. The Bertz CT molecular complexity index is 757. The number of carboxylic acid groups (broad SMARTS) is 1. The van der Waals surface area contributed by atoms with Gasteiger partial charge in [0.05, 0.1) is 10.6 Å². The molecular weight excluding hydrogens is 278 g/mol. The van der Waals surface area contributed by atoms with Crippen LogP contribution in [0.15, 0.2) is 59.1 Å². The van der Waals surface area contributed by atoms with Gasteiger partial charge in [-0.05, 0) is 37.3 Å². The van der Waals surface area contributed by atoms with Crippen molar-refractivity contribution in [1.82, 2.24) is 3.97 Å². The highest BCUT2D eigenvalue weighted by Crippen LogP contribution is 2.18. The van der Waals surface area contributed by atoms with Crippen LogP contribution in [-0.2, 0) is 14.8 Å². The van der Waals surface area contributed by atoms with Crippen molar-refractivity contribution in [3.8, 4) is 0 Å². The zero-order chi connectivity index (χ0) is 14.8. The molecule has 1 heterocycles. The topological polar surface area (TPSA) is 76.4 Å². The standard InChI is InChI=1S/C14H13NO4S/c1-11(14(16)17)10-12-6-5-9-15(12)20(18,19)13-7-3-2-4-8-13/h2-10H,1H3,(H,16,17)/b11-10+. The van der Waals surface area contributed by atoms with Crippen LogP contribution in [0, 0.1) is 0 Å². The quantitative estimate of drug-likeness (QED) is 0.876. The van der Waals surface area contributed by atoms with Crippen LogP contribution in [0.5, 0.6) is 0 Å². The molecule has 0 aliphatic rings. The van der Waals surface area contributed by atoms with Gasteiger partial charge in [0.25, 0.3) is 10.0 Å². The maximum atomic E-state index is 12.5. The van der Waals surface area contributed by atoms with Crippen molar-refractivity contribution in [2.24, 2.45) is 0 Å². The summed E-state index contributed by atoms with van der Waals surface area (Å²) in [6.45, 7) is 1.41.